The van der Waals surface area contributed by atoms with E-state index in [1.807, 2.05) is 0 Å². The van der Waals surface area contributed by atoms with Gasteiger partial charge in [0, 0.05) is 5.57 Å². The van der Waals surface area contributed by atoms with E-state index in [4.69, 9.17) is 4.74 Å². The number of benzene rings is 1. The molecule has 0 aromatic heterocycles. The number of sulfone groups is 1. The molecule has 0 saturated carbocycles. The van der Waals surface area contributed by atoms with Gasteiger partial charge in [0.15, 0.2) is 21.8 Å². The summed E-state index contributed by atoms with van der Waals surface area (Å²) < 4.78 is 30.0. The molecular weight excluding hydrogens is 380 g/mol. The Labute approximate surface area is 154 Å². The van der Waals surface area contributed by atoms with Crippen molar-refractivity contribution in [3.8, 4) is 5.75 Å². The zero-order chi connectivity index (χ0) is 19.8. The lowest BCUT2D eigenvalue weighted by Crippen LogP contribution is -2.75. The van der Waals surface area contributed by atoms with Crippen LogP contribution in [0.3, 0.4) is 0 Å². The van der Waals surface area contributed by atoms with Crippen LogP contribution in [0.4, 0.5) is 0 Å². The maximum Gasteiger partial charge on any atom is 0.352 e. The highest BCUT2D eigenvalue weighted by atomic mass is 32.2. The molecule has 1 saturated heterocycles. The Bertz CT molecular complexity index is 925. The van der Waals surface area contributed by atoms with Crippen LogP contribution in [-0.4, -0.2) is 71.7 Å². The molecule has 2 atom stereocenters. The van der Waals surface area contributed by atoms with E-state index in [9.17, 15) is 33.0 Å². The van der Waals surface area contributed by atoms with Gasteiger partial charge in [-0.05, 0) is 12.1 Å². The third-order valence-electron chi connectivity index (χ3n) is 4.19. The van der Waals surface area contributed by atoms with E-state index in [1.165, 1.54) is 0 Å². The predicted molar refractivity (Wildman–Crippen MR) is 90.0 cm³/mol. The lowest BCUT2D eigenvalue weighted by Gasteiger charge is -2.48. The number of β-lactam (4-membered cyclic amide) rings is 1. The largest absolute Gasteiger partial charge is 0.484 e. The normalized spacial score (nSPS) is 23.3. The van der Waals surface area contributed by atoms with Crippen molar-refractivity contribution in [1.82, 2.24) is 10.2 Å². The highest BCUT2D eigenvalue weighted by Crippen LogP contribution is 2.36. The van der Waals surface area contributed by atoms with Crippen LogP contribution < -0.4 is 10.1 Å². The van der Waals surface area contributed by atoms with E-state index < -0.39 is 63.7 Å². The molecule has 2 amide bonds. The Hall–Kier alpha value is -2.92. The predicted octanol–water partition coefficient (Wildman–Crippen LogP) is -1.52. The highest BCUT2D eigenvalue weighted by Gasteiger charge is 2.60. The third kappa shape index (κ3) is 3.38. The molecule has 0 radical (unpaired) electrons. The molecule has 3 N–H and O–H groups in total. The van der Waals surface area contributed by atoms with Crippen molar-refractivity contribution in [3.63, 3.8) is 0 Å². The van der Waals surface area contributed by atoms with Crippen LogP contribution in [0, 0.1) is 0 Å². The number of aliphatic hydroxyl groups excluding tert-OH is 1. The summed E-state index contributed by atoms with van der Waals surface area (Å²) in [4.78, 5) is 36.3. The van der Waals surface area contributed by atoms with Crippen molar-refractivity contribution in [3.05, 3.63) is 41.6 Å². The third-order valence-corrected chi connectivity index (χ3v) is 6.16. The van der Waals surface area contributed by atoms with Gasteiger partial charge in [-0.2, -0.15) is 0 Å². The first-order valence-corrected chi connectivity index (χ1v) is 9.56. The fourth-order valence-electron chi connectivity index (χ4n) is 3.02. The van der Waals surface area contributed by atoms with Crippen LogP contribution in [0.15, 0.2) is 41.6 Å². The first-order chi connectivity index (χ1) is 12.8. The molecule has 2 aliphatic heterocycles. The number of carbonyl (C=O) groups excluding carboxylic acids is 2. The Morgan fingerprint density at radius 2 is 1.93 bits per heavy atom. The van der Waals surface area contributed by atoms with Gasteiger partial charge in [-0.25, -0.2) is 13.2 Å². The van der Waals surface area contributed by atoms with Crippen LogP contribution in [0.1, 0.15) is 0 Å². The maximum absolute atomic E-state index is 12.4. The van der Waals surface area contributed by atoms with Gasteiger partial charge in [0.25, 0.3) is 11.8 Å². The smallest absolute Gasteiger partial charge is 0.352 e. The molecule has 0 unspecified atom stereocenters. The number of hydrogen-bond acceptors (Lipinski definition) is 7. The second-order valence-corrected chi connectivity index (χ2v) is 8.07. The zero-order valence-corrected chi connectivity index (χ0v) is 14.7. The number of rotatable bonds is 6. The van der Waals surface area contributed by atoms with Crippen molar-refractivity contribution in [2.75, 3.05) is 19.0 Å². The molecule has 27 heavy (non-hydrogen) atoms. The number of carboxylic acid groups (broad SMARTS) is 1. The number of carboxylic acids is 1. The molecule has 1 aromatic rings. The van der Waals surface area contributed by atoms with Crippen molar-refractivity contribution < 1.29 is 37.8 Å². The number of ether oxygens (including phenoxy) is 1. The summed E-state index contributed by atoms with van der Waals surface area (Å²) in [5, 5.41) is 19.2. The Morgan fingerprint density at radius 3 is 2.52 bits per heavy atom. The van der Waals surface area contributed by atoms with E-state index >= 15 is 0 Å². The van der Waals surface area contributed by atoms with Gasteiger partial charge in [0.05, 0.1) is 12.4 Å². The minimum Gasteiger partial charge on any atom is -0.484 e. The molecule has 3 rings (SSSR count). The molecular formula is C16H16N2O8S. The highest BCUT2D eigenvalue weighted by molar-refractivity contribution is 7.92. The molecule has 0 aliphatic carbocycles. The van der Waals surface area contributed by atoms with Crippen LogP contribution in [0.5, 0.6) is 5.75 Å². The van der Waals surface area contributed by atoms with Gasteiger partial charge >= 0.3 is 5.97 Å². The molecule has 2 heterocycles. The molecule has 144 valence electrons. The van der Waals surface area contributed by atoms with Crippen molar-refractivity contribution in [2.24, 2.45) is 0 Å². The van der Waals surface area contributed by atoms with Gasteiger partial charge in [-0.1, -0.05) is 18.2 Å². The first-order valence-electron chi connectivity index (χ1n) is 7.84. The summed E-state index contributed by atoms with van der Waals surface area (Å²) >= 11 is 0. The molecule has 1 aromatic carbocycles. The van der Waals surface area contributed by atoms with Crippen LogP contribution in [0.2, 0.25) is 0 Å². The number of aliphatic hydroxyl groups is 1. The number of carbonyl (C=O) groups is 3. The standard InChI is InChI=1S/C16H16N2O8S/c19-6-9-8-27(24,25)15-12(14(21)18(15)13(9)16(22)23)17-11(20)7-26-10-4-2-1-3-5-10/h1-5,12,15,19H,6-8H2,(H,17,20)(H,22,23)/t12-,15-/m0/s1. The Balaban J connectivity index is 1.74. The van der Waals surface area contributed by atoms with Crippen LogP contribution in [0.25, 0.3) is 0 Å². The summed E-state index contributed by atoms with van der Waals surface area (Å²) in [6.07, 6.45) is 0. The number of nitrogens with zero attached hydrogens (tertiary/aromatic N) is 1. The van der Waals surface area contributed by atoms with Crippen molar-refractivity contribution in [2.45, 2.75) is 11.4 Å². The summed E-state index contributed by atoms with van der Waals surface area (Å²) in [5.41, 5.74) is -0.836. The Morgan fingerprint density at radius 1 is 1.26 bits per heavy atom. The molecule has 10 nitrogen and oxygen atoms in total. The van der Waals surface area contributed by atoms with Crippen LogP contribution >= 0.6 is 0 Å². The van der Waals surface area contributed by atoms with E-state index in [-0.39, 0.29) is 5.57 Å². The summed E-state index contributed by atoms with van der Waals surface area (Å²) in [5.74, 6) is -3.40. The molecule has 1 fully saturated rings. The number of hydrogen-bond donors (Lipinski definition) is 3. The minimum atomic E-state index is -3.98. The first kappa shape index (κ1) is 18.9. The lowest BCUT2D eigenvalue weighted by atomic mass is 10.0. The van der Waals surface area contributed by atoms with Gasteiger partial charge < -0.3 is 20.3 Å². The summed E-state index contributed by atoms with van der Waals surface area (Å²) in [7, 11) is -3.98. The number of para-hydroxylation sites is 1. The average Bonchev–Trinajstić information content (AvgIpc) is 2.63. The van der Waals surface area contributed by atoms with Gasteiger partial charge in [0.1, 0.15) is 17.5 Å². The van der Waals surface area contributed by atoms with Crippen LogP contribution in [-0.2, 0) is 24.2 Å². The lowest BCUT2D eigenvalue weighted by molar-refractivity contribution is -0.151. The second kappa shape index (κ2) is 7.00. The number of aliphatic carboxylic acids is 1. The van der Waals surface area contributed by atoms with E-state index in [1.54, 1.807) is 30.3 Å². The van der Waals surface area contributed by atoms with Crippen molar-refractivity contribution >= 4 is 27.6 Å². The number of fused-ring (bicyclic) bond motifs is 1. The van der Waals surface area contributed by atoms with E-state index in [0.29, 0.717) is 10.6 Å². The monoisotopic (exact) mass is 396 g/mol. The minimum absolute atomic E-state index is 0.274. The number of nitrogens with one attached hydrogen (secondary N) is 1. The van der Waals surface area contributed by atoms with E-state index in [2.05, 4.69) is 5.32 Å². The van der Waals surface area contributed by atoms with Gasteiger partial charge in [0.2, 0.25) is 0 Å². The second-order valence-electron chi connectivity index (χ2n) is 5.97. The SMILES string of the molecule is O=C(COc1ccccc1)N[C@H]1C(=O)N2C(C(=O)O)=C(CO)CS(=O)(=O)[C@@H]12. The van der Waals surface area contributed by atoms with Crippen molar-refractivity contribution in [1.29, 1.82) is 0 Å². The van der Waals surface area contributed by atoms with Gasteiger partial charge in [-0.3, -0.25) is 14.5 Å². The molecule has 11 heteroatoms. The fraction of sp³-hybridized carbons (Fsp3) is 0.312. The summed E-state index contributed by atoms with van der Waals surface area (Å²) in [6, 6.07) is 7.00. The Kier molecular flexibility index (Phi) is 4.89. The number of amides is 2. The summed E-state index contributed by atoms with van der Waals surface area (Å²) in [6.45, 7) is -1.25. The maximum atomic E-state index is 12.4. The molecule has 2 aliphatic rings. The van der Waals surface area contributed by atoms with Gasteiger partial charge in [-0.15, -0.1) is 0 Å². The molecule has 0 spiro atoms. The van der Waals surface area contributed by atoms with E-state index in [0.717, 1.165) is 0 Å². The average molecular weight is 396 g/mol. The molecule has 0 bridgehead atoms. The fourth-order valence-corrected chi connectivity index (χ4v) is 5.04. The zero-order valence-electron chi connectivity index (χ0n) is 13.9. The topological polar surface area (TPSA) is 150 Å². The quantitative estimate of drug-likeness (QED) is 0.491.